The number of ether oxygens (including phenoxy) is 1. The molecular weight excluding hydrogens is 328 g/mol. The average Bonchev–Trinajstić information content (AvgIpc) is 2.62. The summed E-state index contributed by atoms with van der Waals surface area (Å²) in [4.78, 5) is 20.3. The highest BCUT2D eigenvalue weighted by molar-refractivity contribution is 5.94. The minimum atomic E-state index is 0.0396. The maximum atomic E-state index is 11.4. The van der Waals surface area contributed by atoms with Crippen molar-refractivity contribution in [1.29, 1.82) is 0 Å². The number of aryl methyl sites for hydroxylation is 1. The third-order valence-corrected chi connectivity index (χ3v) is 3.77. The first-order valence-electron chi connectivity index (χ1n) is 8.19. The van der Waals surface area contributed by atoms with Gasteiger partial charge in [-0.3, -0.25) is 4.79 Å². The van der Waals surface area contributed by atoms with Gasteiger partial charge in [-0.2, -0.15) is 4.98 Å². The summed E-state index contributed by atoms with van der Waals surface area (Å²) in [6, 6.07) is 16.7. The van der Waals surface area contributed by atoms with Gasteiger partial charge in [0.1, 0.15) is 11.6 Å². The van der Waals surface area contributed by atoms with Crippen LogP contribution in [0, 0.1) is 6.92 Å². The number of nitrogens with one attached hydrogen (secondary N) is 2. The van der Waals surface area contributed by atoms with Crippen molar-refractivity contribution < 1.29 is 9.53 Å². The summed E-state index contributed by atoms with van der Waals surface area (Å²) in [5.41, 5.74) is 3.13. The van der Waals surface area contributed by atoms with Crippen LogP contribution < -0.4 is 15.4 Å². The number of carbonyl (C=O) groups excluding carboxylic acids is 1. The Morgan fingerprint density at radius 2 is 1.73 bits per heavy atom. The molecular formula is C20H20N4O2. The topological polar surface area (TPSA) is 76.1 Å². The monoisotopic (exact) mass is 348 g/mol. The molecule has 6 heteroatoms. The van der Waals surface area contributed by atoms with E-state index in [0.29, 0.717) is 23.1 Å². The Hall–Kier alpha value is -3.41. The number of Topliss-reactive ketones (excluding diaryl/α,β-unsaturated/α-hetero) is 1. The van der Waals surface area contributed by atoms with Crippen molar-refractivity contribution in [3.05, 3.63) is 65.9 Å². The molecule has 2 aromatic carbocycles. The summed E-state index contributed by atoms with van der Waals surface area (Å²) in [7, 11) is 1.62. The van der Waals surface area contributed by atoms with Crippen LogP contribution in [-0.4, -0.2) is 22.9 Å². The fourth-order valence-electron chi connectivity index (χ4n) is 2.49. The van der Waals surface area contributed by atoms with Crippen molar-refractivity contribution in [2.75, 3.05) is 17.7 Å². The van der Waals surface area contributed by atoms with Crippen LogP contribution in [0.5, 0.6) is 5.75 Å². The Morgan fingerprint density at radius 1 is 1.00 bits per heavy atom. The van der Waals surface area contributed by atoms with Crippen molar-refractivity contribution >= 4 is 28.9 Å². The van der Waals surface area contributed by atoms with Gasteiger partial charge in [0, 0.05) is 23.0 Å². The van der Waals surface area contributed by atoms with Gasteiger partial charge in [0.25, 0.3) is 0 Å². The first kappa shape index (κ1) is 17.4. The van der Waals surface area contributed by atoms with Gasteiger partial charge in [0.15, 0.2) is 5.78 Å². The molecule has 0 saturated heterocycles. The largest absolute Gasteiger partial charge is 0.495 e. The third-order valence-electron chi connectivity index (χ3n) is 3.77. The Labute approximate surface area is 152 Å². The van der Waals surface area contributed by atoms with Crippen molar-refractivity contribution in [2.45, 2.75) is 13.8 Å². The second-order valence-corrected chi connectivity index (χ2v) is 5.80. The molecule has 0 saturated carbocycles. The van der Waals surface area contributed by atoms with E-state index in [0.717, 1.165) is 17.1 Å². The van der Waals surface area contributed by atoms with Gasteiger partial charge in [0.05, 0.1) is 12.8 Å². The van der Waals surface area contributed by atoms with E-state index < -0.39 is 0 Å². The van der Waals surface area contributed by atoms with Crippen molar-refractivity contribution in [1.82, 2.24) is 9.97 Å². The SMILES string of the molecule is COc1ccccc1Nc1nc(C)cc(Nc2ccc(C(C)=O)cc2)n1. The van der Waals surface area contributed by atoms with E-state index in [1.807, 2.05) is 49.4 Å². The van der Waals surface area contributed by atoms with Crippen LogP contribution in [0.25, 0.3) is 0 Å². The lowest BCUT2D eigenvalue weighted by Crippen LogP contribution is -2.03. The molecule has 0 spiro atoms. The zero-order valence-corrected chi connectivity index (χ0v) is 14.9. The zero-order valence-electron chi connectivity index (χ0n) is 14.9. The smallest absolute Gasteiger partial charge is 0.229 e. The molecule has 0 aliphatic carbocycles. The Balaban J connectivity index is 1.82. The summed E-state index contributed by atoms with van der Waals surface area (Å²) in [5, 5.41) is 6.41. The van der Waals surface area contributed by atoms with Crippen LogP contribution in [0.2, 0.25) is 0 Å². The molecule has 1 heterocycles. The number of hydrogen-bond donors (Lipinski definition) is 2. The predicted molar refractivity (Wildman–Crippen MR) is 103 cm³/mol. The second kappa shape index (κ2) is 7.65. The molecule has 6 nitrogen and oxygen atoms in total. The molecule has 2 N–H and O–H groups in total. The zero-order chi connectivity index (χ0) is 18.5. The van der Waals surface area contributed by atoms with Crippen molar-refractivity contribution in [3.8, 4) is 5.75 Å². The number of anilines is 4. The Kier molecular flexibility index (Phi) is 5.12. The van der Waals surface area contributed by atoms with Gasteiger partial charge in [-0.15, -0.1) is 0 Å². The number of benzene rings is 2. The molecule has 0 atom stereocenters. The number of ketones is 1. The second-order valence-electron chi connectivity index (χ2n) is 5.80. The molecule has 26 heavy (non-hydrogen) atoms. The van der Waals surface area contributed by atoms with Gasteiger partial charge in [-0.05, 0) is 50.2 Å². The maximum Gasteiger partial charge on any atom is 0.229 e. The Bertz CT molecular complexity index is 923. The Morgan fingerprint density at radius 3 is 2.42 bits per heavy atom. The highest BCUT2D eigenvalue weighted by Crippen LogP contribution is 2.26. The molecule has 0 aliphatic heterocycles. The molecule has 3 rings (SSSR count). The lowest BCUT2D eigenvalue weighted by molar-refractivity contribution is 0.101. The van der Waals surface area contributed by atoms with Crippen LogP contribution in [0.4, 0.5) is 23.1 Å². The maximum absolute atomic E-state index is 11.4. The fraction of sp³-hybridized carbons (Fsp3) is 0.150. The number of para-hydroxylation sites is 2. The van der Waals surface area contributed by atoms with Gasteiger partial charge in [0.2, 0.25) is 5.95 Å². The molecule has 1 aromatic heterocycles. The number of methoxy groups -OCH3 is 1. The number of nitrogens with zero attached hydrogens (tertiary/aromatic N) is 2. The fourth-order valence-corrected chi connectivity index (χ4v) is 2.49. The van der Waals surface area contributed by atoms with Crippen LogP contribution in [0.15, 0.2) is 54.6 Å². The highest BCUT2D eigenvalue weighted by atomic mass is 16.5. The van der Waals surface area contributed by atoms with Crippen LogP contribution in [-0.2, 0) is 0 Å². The normalized spacial score (nSPS) is 10.3. The molecule has 0 unspecified atom stereocenters. The van der Waals surface area contributed by atoms with E-state index in [9.17, 15) is 4.79 Å². The summed E-state index contributed by atoms with van der Waals surface area (Å²) < 4.78 is 5.34. The summed E-state index contributed by atoms with van der Waals surface area (Å²) in [6.45, 7) is 3.45. The third kappa shape index (κ3) is 4.16. The summed E-state index contributed by atoms with van der Waals surface area (Å²) in [5.74, 6) is 1.88. The summed E-state index contributed by atoms with van der Waals surface area (Å²) >= 11 is 0. The molecule has 0 bridgehead atoms. The molecule has 3 aromatic rings. The van der Waals surface area contributed by atoms with E-state index in [1.54, 1.807) is 26.2 Å². The van der Waals surface area contributed by atoms with E-state index >= 15 is 0 Å². The molecule has 132 valence electrons. The van der Waals surface area contributed by atoms with Crippen LogP contribution in [0.3, 0.4) is 0 Å². The van der Waals surface area contributed by atoms with Gasteiger partial charge < -0.3 is 15.4 Å². The van der Waals surface area contributed by atoms with Crippen LogP contribution in [0.1, 0.15) is 23.0 Å². The van der Waals surface area contributed by atoms with Crippen molar-refractivity contribution in [2.24, 2.45) is 0 Å². The molecule has 0 aliphatic rings. The number of aromatic nitrogens is 2. The molecule has 0 fully saturated rings. The minimum Gasteiger partial charge on any atom is -0.495 e. The molecule has 0 radical (unpaired) electrons. The average molecular weight is 348 g/mol. The van der Waals surface area contributed by atoms with E-state index in [4.69, 9.17) is 4.74 Å². The van der Waals surface area contributed by atoms with E-state index in [2.05, 4.69) is 20.6 Å². The number of carbonyl (C=O) groups is 1. The van der Waals surface area contributed by atoms with Crippen LogP contribution >= 0.6 is 0 Å². The number of rotatable bonds is 6. The lowest BCUT2D eigenvalue weighted by atomic mass is 10.1. The molecule has 0 amide bonds. The van der Waals surface area contributed by atoms with Gasteiger partial charge >= 0.3 is 0 Å². The first-order valence-corrected chi connectivity index (χ1v) is 8.19. The van der Waals surface area contributed by atoms with Gasteiger partial charge in [-0.1, -0.05) is 12.1 Å². The van der Waals surface area contributed by atoms with E-state index in [1.165, 1.54) is 0 Å². The highest BCUT2D eigenvalue weighted by Gasteiger charge is 2.07. The quantitative estimate of drug-likeness (QED) is 0.640. The summed E-state index contributed by atoms with van der Waals surface area (Å²) in [6.07, 6.45) is 0. The predicted octanol–water partition coefficient (Wildman–Crippen LogP) is 4.48. The van der Waals surface area contributed by atoms with Crippen molar-refractivity contribution in [3.63, 3.8) is 0 Å². The number of hydrogen-bond acceptors (Lipinski definition) is 6. The first-order chi connectivity index (χ1) is 12.5. The minimum absolute atomic E-state index is 0.0396. The van der Waals surface area contributed by atoms with E-state index in [-0.39, 0.29) is 5.78 Å². The standard InChI is InChI=1S/C20H20N4O2/c1-13-12-19(22-16-10-8-15(9-11-16)14(2)25)24-20(21-13)23-17-6-4-5-7-18(17)26-3/h4-12H,1-3H3,(H2,21,22,23,24). The lowest BCUT2D eigenvalue weighted by Gasteiger charge is -2.12. The van der Waals surface area contributed by atoms with Gasteiger partial charge in [-0.25, -0.2) is 4.98 Å².